The Kier molecular flexibility index (Phi) is 3.65. The number of hydrogen-bond acceptors (Lipinski definition) is 6. The molecule has 2 heterocycles. The fraction of sp³-hybridized carbons (Fsp3) is 0.167. The minimum absolute atomic E-state index is 0.102. The highest BCUT2D eigenvalue weighted by molar-refractivity contribution is 9.10. The first kappa shape index (κ1) is 13.7. The van der Waals surface area contributed by atoms with Crippen LogP contribution >= 0.6 is 15.9 Å². The summed E-state index contributed by atoms with van der Waals surface area (Å²) in [6.45, 7) is 1.68. The highest BCUT2D eigenvalue weighted by Crippen LogP contribution is 2.26. The molecular formula is C12H9BrFN5O2. The molecule has 21 heavy (non-hydrogen) atoms. The molecule has 0 fully saturated rings. The Hall–Kier alpha value is -2.29. The SMILES string of the molecule is CC(Oc1ccc(Br)cc1F)c1nc(-c2ncn[nH]2)no1. The summed E-state index contributed by atoms with van der Waals surface area (Å²) >= 11 is 3.18. The number of rotatable bonds is 4. The van der Waals surface area contributed by atoms with E-state index in [0.29, 0.717) is 10.3 Å². The van der Waals surface area contributed by atoms with Gasteiger partial charge in [-0.1, -0.05) is 21.1 Å². The van der Waals surface area contributed by atoms with Gasteiger partial charge in [0.1, 0.15) is 6.33 Å². The molecule has 7 nitrogen and oxygen atoms in total. The first-order chi connectivity index (χ1) is 10.1. The van der Waals surface area contributed by atoms with Gasteiger partial charge in [-0.25, -0.2) is 9.37 Å². The molecule has 108 valence electrons. The second kappa shape index (κ2) is 5.60. The van der Waals surface area contributed by atoms with Crippen molar-refractivity contribution in [1.82, 2.24) is 25.3 Å². The Bertz CT molecular complexity index is 746. The smallest absolute Gasteiger partial charge is 0.267 e. The summed E-state index contributed by atoms with van der Waals surface area (Å²) in [6.07, 6.45) is 0.729. The molecule has 1 atom stereocenters. The van der Waals surface area contributed by atoms with Crippen molar-refractivity contribution in [2.75, 3.05) is 0 Å². The average molecular weight is 354 g/mol. The van der Waals surface area contributed by atoms with E-state index in [2.05, 4.69) is 41.3 Å². The third-order valence-corrected chi connectivity index (χ3v) is 3.11. The van der Waals surface area contributed by atoms with Gasteiger partial charge in [0.2, 0.25) is 5.82 Å². The number of H-pyrrole nitrogens is 1. The molecule has 0 bridgehead atoms. The number of aromatic nitrogens is 5. The molecule has 0 saturated heterocycles. The van der Waals surface area contributed by atoms with Crippen molar-refractivity contribution in [1.29, 1.82) is 0 Å². The first-order valence-corrected chi connectivity index (χ1v) is 6.74. The lowest BCUT2D eigenvalue weighted by Crippen LogP contribution is -2.04. The van der Waals surface area contributed by atoms with Crippen LogP contribution in [0.3, 0.4) is 0 Å². The molecule has 0 saturated carbocycles. The summed E-state index contributed by atoms with van der Waals surface area (Å²) in [4.78, 5) is 8.04. The van der Waals surface area contributed by atoms with Crippen molar-refractivity contribution in [2.24, 2.45) is 0 Å². The molecule has 1 unspecified atom stereocenters. The average Bonchev–Trinajstić information content (AvgIpc) is 3.10. The summed E-state index contributed by atoms with van der Waals surface area (Å²) in [5.74, 6) is 0.473. The van der Waals surface area contributed by atoms with Crippen LogP contribution in [0.4, 0.5) is 4.39 Å². The molecule has 1 N–H and O–H groups in total. The van der Waals surface area contributed by atoms with Gasteiger partial charge in [0.05, 0.1) is 0 Å². The number of hydrogen-bond donors (Lipinski definition) is 1. The van der Waals surface area contributed by atoms with Gasteiger partial charge < -0.3 is 9.26 Å². The molecule has 0 aliphatic heterocycles. The maximum Gasteiger partial charge on any atom is 0.267 e. The molecule has 3 aromatic rings. The zero-order valence-electron chi connectivity index (χ0n) is 10.7. The summed E-state index contributed by atoms with van der Waals surface area (Å²) < 4.78 is 24.9. The normalized spacial score (nSPS) is 12.3. The Labute approximate surface area is 126 Å². The van der Waals surface area contributed by atoms with Gasteiger partial charge >= 0.3 is 0 Å². The van der Waals surface area contributed by atoms with Crippen LogP contribution in [0.15, 0.2) is 33.5 Å². The molecule has 1 aromatic carbocycles. The molecule has 3 rings (SSSR count). The number of ether oxygens (including phenoxy) is 1. The van der Waals surface area contributed by atoms with Gasteiger partial charge in [-0.15, -0.1) is 0 Å². The van der Waals surface area contributed by atoms with Gasteiger partial charge in [0, 0.05) is 4.47 Å². The van der Waals surface area contributed by atoms with Gasteiger partial charge in [0.15, 0.2) is 23.5 Å². The summed E-state index contributed by atoms with van der Waals surface area (Å²) in [5.41, 5.74) is 0. The van der Waals surface area contributed by atoms with Crippen molar-refractivity contribution in [3.8, 4) is 17.4 Å². The van der Waals surface area contributed by atoms with Gasteiger partial charge in [-0.05, 0) is 25.1 Å². The van der Waals surface area contributed by atoms with E-state index in [-0.39, 0.29) is 17.5 Å². The zero-order chi connectivity index (χ0) is 14.8. The minimum Gasteiger partial charge on any atom is -0.478 e. The van der Waals surface area contributed by atoms with E-state index in [1.54, 1.807) is 13.0 Å². The second-order valence-corrected chi connectivity index (χ2v) is 5.04. The number of nitrogens with zero attached hydrogens (tertiary/aromatic N) is 4. The lowest BCUT2D eigenvalue weighted by Gasteiger charge is -2.11. The van der Waals surface area contributed by atoms with E-state index in [4.69, 9.17) is 9.26 Å². The summed E-state index contributed by atoms with van der Waals surface area (Å²) in [6, 6.07) is 4.51. The van der Waals surface area contributed by atoms with Gasteiger partial charge in [-0.2, -0.15) is 10.1 Å². The van der Waals surface area contributed by atoms with Gasteiger partial charge in [-0.3, -0.25) is 5.10 Å². The number of benzene rings is 1. The van der Waals surface area contributed by atoms with Crippen LogP contribution < -0.4 is 4.74 Å². The third kappa shape index (κ3) is 2.92. The van der Waals surface area contributed by atoms with Crippen molar-refractivity contribution in [3.63, 3.8) is 0 Å². The second-order valence-electron chi connectivity index (χ2n) is 4.13. The fourth-order valence-electron chi connectivity index (χ4n) is 1.62. The topological polar surface area (TPSA) is 89.7 Å². The lowest BCUT2D eigenvalue weighted by atomic mass is 10.3. The Morgan fingerprint density at radius 1 is 1.43 bits per heavy atom. The Morgan fingerprint density at radius 3 is 3.00 bits per heavy atom. The number of halogens is 2. The highest BCUT2D eigenvalue weighted by atomic mass is 79.9. The molecule has 9 heteroatoms. The number of nitrogens with one attached hydrogen (secondary N) is 1. The molecular weight excluding hydrogens is 345 g/mol. The van der Waals surface area contributed by atoms with Crippen molar-refractivity contribution in [2.45, 2.75) is 13.0 Å². The molecule has 0 aliphatic rings. The Morgan fingerprint density at radius 2 is 2.29 bits per heavy atom. The van der Waals surface area contributed by atoms with E-state index < -0.39 is 11.9 Å². The maximum absolute atomic E-state index is 13.7. The van der Waals surface area contributed by atoms with E-state index in [1.165, 1.54) is 18.5 Å². The zero-order valence-corrected chi connectivity index (χ0v) is 12.3. The minimum atomic E-state index is -0.607. The van der Waals surface area contributed by atoms with E-state index in [0.717, 1.165) is 0 Å². The Balaban J connectivity index is 1.78. The molecule has 0 spiro atoms. The standard InChI is InChI=1S/C12H9BrFN5O2/c1-6(20-9-3-2-7(13)4-8(9)14)12-17-11(19-21-12)10-15-5-16-18-10/h2-6H,1H3,(H,15,16,18). The monoisotopic (exact) mass is 353 g/mol. The van der Waals surface area contributed by atoms with Crippen LogP contribution in [0.2, 0.25) is 0 Å². The number of aromatic amines is 1. The van der Waals surface area contributed by atoms with Crippen LogP contribution in [0.25, 0.3) is 11.6 Å². The first-order valence-electron chi connectivity index (χ1n) is 5.94. The van der Waals surface area contributed by atoms with Crippen LogP contribution in [-0.2, 0) is 0 Å². The molecule has 0 radical (unpaired) electrons. The largest absolute Gasteiger partial charge is 0.478 e. The van der Waals surface area contributed by atoms with E-state index >= 15 is 0 Å². The summed E-state index contributed by atoms with van der Waals surface area (Å²) in [7, 11) is 0. The maximum atomic E-state index is 13.7. The third-order valence-electron chi connectivity index (χ3n) is 2.61. The van der Waals surface area contributed by atoms with Crippen LogP contribution in [-0.4, -0.2) is 25.3 Å². The van der Waals surface area contributed by atoms with E-state index in [1.807, 2.05) is 0 Å². The molecule has 2 aromatic heterocycles. The quantitative estimate of drug-likeness (QED) is 0.775. The lowest BCUT2D eigenvalue weighted by molar-refractivity contribution is 0.169. The predicted molar refractivity (Wildman–Crippen MR) is 72.8 cm³/mol. The van der Waals surface area contributed by atoms with Crippen LogP contribution in [0.5, 0.6) is 5.75 Å². The van der Waals surface area contributed by atoms with Crippen molar-refractivity contribution >= 4 is 15.9 Å². The van der Waals surface area contributed by atoms with Crippen LogP contribution in [0.1, 0.15) is 18.9 Å². The predicted octanol–water partition coefficient (Wildman–Crippen LogP) is 2.90. The summed E-state index contributed by atoms with van der Waals surface area (Å²) in [5, 5.41) is 10.1. The van der Waals surface area contributed by atoms with Gasteiger partial charge in [0.25, 0.3) is 5.89 Å². The van der Waals surface area contributed by atoms with Crippen molar-refractivity contribution < 1.29 is 13.7 Å². The van der Waals surface area contributed by atoms with Crippen molar-refractivity contribution in [3.05, 3.63) is 40.7 Å². The molecule has 0 aliphatic carbocycles. The van der Waals surface area contributed by atoms with Crippen LogP contribution in [0, 0.1) is 5.82 Å². The molecule has 0 amide bonds. The highest BCUT2D eigenvalue weighted by Gasteiger charge is 2.19. The fourth-order valence-corrected chi connectivity index (χ4v) is 1.95. The van der Waals surface area contributed by atoms with E-state index in [9.17, 15) is 4.39 Å².